The Balaban J connectivity index is 2.91. The molecular weight excluding hydrogens is 215 g/mol. The van der Waals surface area contributed by atoms with Gasteiger partial charge in [0.25, 0.3) is 0 Å². The number of hydrogen-bond donors (Lipinski definition) is 0. The average Bonchev–Trinajstić information content (AvgIpc) is 2.38. The van der Waals surface area contributed by atoms with E-state index in [0.29, 0.717) is 5.70 Å². The van der Waals surface area contributed by atoms with Gasteiger partial charge in [0.05, 0.1) is 0 Å². The highest BCUT2D eigenvalue weighted by molar-refractivity contribution is 5.35. The van der Waals surface area contributed by atoms with E-state index in [2.05, 4.69) is 6.58 Å². The Morgan fingerprint density at radius 1 is 1.50 bits per heavy atom. The second-order valence-corrected chi connectivity index (χ2v) is 3.53. The third-order valence-corrected chi connectivity index (χ3v) is 2.23. The van der Waals surface area contributed by atoms with Crippen molar-refractivity contribution in [3.8, 4) is 0 Å². The lowest BCUT2D eigenvalue weighted by atomic mass is 10.1. The summed E-state index contributed by atoms with van der Waals surface area (Å²) in [6.07, 6.45) is 4.93. The van der Waals surface area contributed by atoms with Gasteiger partial charge in [0.1, 0.15) is 6.54 Å². The minimum Gasteiger partial charge on any atom is -0.339 e. The summed E-state index contributed by atoms with van der Waals surface area (Å²) in [5.41, 5.74) is 1.37. The van der Waals surface area contributed by atoms with E-state index in [9.17, 15) is 13.2 Å². The van der Waals surface area contributed by atoms with Crippen LogP contribution in [0.25, 0.3) is 0 Å². The van der Waals surface area contributed by atoms with Gasteiger partial charge in [0, 0.05) is 5.70 Å². The van der Waals surface area contributed by atoms with Crippen molar-refractivity contribution in [2.75, 3.05) is 6.54 Å². The Morgan fingerprint density at radius 2 is 2.19 bits per heavy atom. The van der Waals surface area contributed by atoms with Crippen molar-refractivity contribution in [3.63, 3.8) is 0 Å². The molecule has 0 N–H and O–H groups in total. The molecule has 0 saturated carbocycles. The SMILES string of the molecule is C=CN(CC(F)(F)F)C1=CC=CCC=C1C. The Morgan fingerprint density at radius 3 is 2.75 bits per heavy atom. The van der Waals surface area contributed by atoms with Gasteiger partial charge in [0.15, 0.2) is 0 Å². The quantitative estimate of drug-likeness (QED) is 0.711. The number of allylic oxidation sites excluding steroid dienone is 5. The fourth-order valence-corrected chi connectivity index (χ4v) is 1.48. The van der Waals surface area contributed by atoms with Crippen molar-refractivity contribution < 1.29 is 13.2 Å². The van der Waals surface area contributed by atoms with Crippen LogP contribution in [0.4, 0.5) is 13.2 Å². The van der Waals surface area contributed by atoms with Crippen LogP contribution in [0.3, 0.4) is 0 Å². The largest absolute Gasteiger partial charge is 0.406 e. The lowest BCUT2D eigenvalue weighted by Gasteiger charge is -2.24. The summed E-state index contributed by atoms with van der Waals surface area (Å²) in [5.74, 6) is 0. The summed E-state index contributed by atoms with van der Waals surface area (Å²) in [4.78, 5) is 1.11. The number of nitrogens with zero attached hydrogens (tertiary/aromatic N) is 1. The highest BCUT2D eigenvalue weighted by Gasteiger charge is 2.30. The molecule has 1 nitrogen and oxygen atoms in total. The van der Waals surface area contributed by atoms with Gasteiger partial charge >= 0.3 is 6.18 Å². The molecule has 4 heteroatoms. The molecule has 0 saturated heterocycles. The van der Waals surface area contributed by atoms with Crippen molar-refractivity contribution >= 4 is 0 Å². The topological polar surface area (TPSA) is 3.24 Å². The van der Waals surface area contributed by atoms with E-state index in [0.717, 1.165) is 16.9 Å². The van der Waals surface area contributed by atoms with Crippen molar-refractivity contribution in [1.29, 1.82) is 0 Å². The zero-order valence-corrected chi connectivity index (χ0v) is 9.09. The molecule has 0 heterocycles. The van der Waals surface area contributed by atoms with E-state index >= 15 is 0 Å². The van der Waals surface area contributed by atoms with Crippen molar-refractivity contribution in [2.45, 2.75) is 19.5 Å². The average molecular weight is 229 g/mol. The van der Waals surface area contributed by atoms with Crippen molar-refractivity contribution in [1.82, 2.24) is 4.90 Å². The smallest absolute Gasteiger partial charge is 0.339 e. The summed E-state index contributed by atoms with van der Waals surface area (Å²) in [7, 11) is 0. The number of alkyl halides is 3. The van der Waals surface area contributed by atoms with Gasteiger partial charge in [-0.3, -0.25) is 0 Å². The molecule has 0 unspecified atom stereocenters. The Labute approximate surface area is 93.2 Å². The molecule has 0 aliphatic heterocycles. The number of rotatable bonds is 3. The molecule has 0 bridgehead atoms. The van der Waals surface area contributed by atoms with Gasteiger partial charge < -0.3 is 4.90 Å². The molecule has 0 aromatic heterocycles. The molecule has 0 radical (unpaired) electrons. The summed E-state index contributed by atoms with van der Waals surface area (Å²) in [6.45, 7) is 4.20. The van der Waals surface area contributed by atoms with Crippen LogP contribution in [0.2, 0.25) is 0 Å². The Bertz CT molecular complexity index is 348. The van der Waals surface area contributed by atoms with Crippen LogP contribution < -0.4 is 0 Å². The predicted octanol–water partition coefficient (Wildman–Crippen LogP) is 3.78. The molecule has 0 fully saturated rings. The molecule has 0 aromatic carbocycles. The van der Waals surface area contributed by atoms with E-state index < -0.39 is 12.7 Å². The molecule has 1 aliphatic carbocycles. The molecule has 0 amide bonds. The summed E-state index contributed by atoms with van der Waals surface area (Å²) >= 11 is 0. The maximum atomic E-state index is 12.3. The van der Waals surface area contributed by atoms with Crippen LogP contribution in [0.15, 0.2) is 48.4 Å². The first-order valence-corrected chi connectivity index (χ1v) is 4.94. The van der Waals surface area contributed by atoms with Gasteiger partial charge in [-0.1, -0.05) is 24.8 Å². The maximum absolute atomic E-state index is 12.3. The molecule has 1 aliphatic rings. The molecule has 0 aromatic rings. The first kappa shape index (κ1) is 12.6. The van der Waals surface area contributed by atoms with Gasteiger partial charge in [0.2, 0.25) is 0 Å². The van der Waals surface area contributed by atoms with E-state index in [-0.39, 0.29) is 0 Å². The third kappa shape index (κ3) is 3.61. The van der Waals surface area contributed by atoms with E-state index in [4.69, 9.17) is 0 Å². The molecule has 16 heavy (non-hydrogen) atoms. The molecule has 0 spiro atoms. The summed E-state index contributed by atoms with van der Waals surface area (Å²) in [5, 5.41) is 0. The first-order chi connectivity index (χ1) is 7.44. The summed E-state index contributed by atoms with van der Waals surface area (Å²) < 4.78 is 37.0. The Kier molecular flexibility index (Phi) is 3.99. The standard InChI is InChI=1S/C12H14F3N/c1-3-16(9-12(13,14)15)11-8-6-4-5-7-10(11)2/h3-4,6-8H,1,5,9H2,2H3. The van der Waals surface area contributed by atoms with Crippen LogP contribution in [-0.4, -0.2) is 17.6 Å². The normalized spacial score (nSPS) is 16.2. The lowest BCUT2D eigenvalue weighted by Crippen LogP contribution is -2.29. The van der Waals surface area contributed by atoms with Gasteiger partial charge in [-0.2, -0.15) is 13.2 Å². The van der Waals surface area contributed by atoms with Gasteiger partial charge in [-0.25, -0.2) is 0 Å². The molecule has 0 atom stereocenters. The maximum Gasteiger partial charge on any atom is 0.406 e. The minimum atomic E-state index is -4.23. The third-order valence-electron chi connectivity index (χ3n) is 2.23. The van der Waals surface area contributed by atoms with Gasteiger partial charge in [-0.15, -0.1) is 0 Å². The van der Waals surface area contributed by atoms with E-state index in [1.807, 2.05) is 12.2 Å². The number of hydrogen-bond acceptors (Lipinski definition) is 1. The molecule has 1 rings (SSSR count). The fraction of sp³-hybridized carbons (Fsp3) is 0.333. The predicted molar refractivity (Wildman–Crippen MR) is 58.6 cm³/mol. The zero-order chi connectivity index (χ0) is 12.2. The second-order valence-electron chi connectivity index (χ2n) is 3.53. The highest BCUT2D eigenvalue weighted by atomic mass is 19.4. The van der Waals surface area contributed by atoms with Crippen LogP contribution in [0.1, 0.15) is 13.3 Å². The molecule has 88 valence electrons. The number of halogens is 3. The lowest BCUT2D eigenvalue weighted by molar-refractivity contribution is -0.136. The minimum absolute atomic E-state index is 0.543. The summed E-state index contributed by atoms with van der Waals surface area (Å²) in [6, 6.07) is 0. The van der Waals surface area contributed by atoms with Crippen molar-refractivity contribution in [2.24, 2.45) is 0 Å². The zero-order valence-electron chi connectivity index (χ0n) is 9.09. The Hall–Kier alpha value is -1.45. The van der Waals surface area contributed by atoms with Crippen LogP contribution in [0, 0.1) is 0 Å². The van der Waals surface area contributed by atoms with Crippen molar-refractivity contribution in [3.05, 3.63) is 48.4 Å². The van der Waals surface area contributed by atoms with E-state index in [1.54, 1.807) is 19.1 Å². The van der Waals surface area contributed by atoms with Crippen LogP contribution >= 0.6 is 0 Å². The highest BCUT2D eigenvalue weighted by Crippen LogP contribution is 2.24. The monoisotopic (exact) mass is 229 g/mol. The van der Waals surface area contributed by atoms with Crippen LogP contribution in [-0.2, 0) is 0 Å². The van der Waals surface area contributed by atoms with Gasteiger partial charge in [-0.05, 0) is 31.2 Å². The second kappa shape index (κ2) is 5.05. The molecular formula is C12H14F3N. The van der Waals surface area contributed by atoms with E-state index in [1.165, 1.54) is 6.20 Å². The fourth-order valence-electron chi connectivity index (χ4n) is 1.48. The van der Waals surface area contributed by atoms with Crippen LogP contribution in [0.5, 0.6) is 0 Å². The first-order valence-electron chi connectivity index (χ1n) is 4.94.